The van der Waals surface area contributed by atoms with Crippen LogP contribution in [0.2, 0.25) is 0 Å². The Morgan fingerprint density at radius 3 is 2.53 bits per heavy atom. The summed E-state index contributed by atoms with van der Waals surface area (Å²) in [6.45, 7) is 7.14. The Bertz CT molecular complexity index is 1000. The fourth-order valence-electron chi connectivity index (χ4n) is 9.90. The van der Waals surface area contributed by atoms with Crippen LogP contribution in [0, 0.1) is 46.3 Å². The molecule has 1 aromatic heterocycles. The quantitative estimate of drug-likeness (QED) is 0.346. The maximum atomic E-state index is 12.7. The molecule has 4 aliphatic rings. The monoisotopic (exact) mass is 529 g/mol. The highest BCUT2D eigenvalue weighted by Crippen LogP contribution is 2.68. The first-order chi connectivity index (χ1) is 18.0. The number of rotatable bonds is 8. The van der Waals surface area contributed by atoms with E-state index in [4.69, 9.17) is 0 Å². The van der Waals surface area contributed by atoms with Gasteiger partial charge in [0, 0.05) is 24.7 Å². The Morgan fingerprint density at radius 2 is 1.82 bits per heavy atom. The Morgan fingerprint density at radius 1 is 1.08 bits per heavy atom. The summed E-state index contributed by atoms with van der Waals surface area (Å²) in [7, 11) is 0. The van der Waals surface area contributed by atoms with Crippen molar-refractivity contribution in [1.82, 2.24) is 15.3 Å². The summed E-state index contributed by atoms with van der Waals surface area (Å²) in [6.07, 6.45) is 12.0. The Kier molecular flexibility index (Phi) is 7.68. The summed E-state index contributed by atoms with van der Waals surface area (Å²) in [4.78, 5) is 31.3. The molecule has 0 bridgehead atoms. The van der Waals surface area contributed by atoms with E-state index in [2.05, 4.69) is 36.1 Å². The highest BCUT2D eigenvalue weighted by Gasteiger charge is 2.62. The molecule has 5 rings (SSSR count). The number of imidazole rings is 1. The average Bonchev–Trinajstić information content (AvgIpc) is 3.50. The molecule has 11 atom stereocenters. The van der Waals surface area contributed by atoms with Crippen molar-refractivity contribution in [2.75, 3.05) is 0 Å². The third kappa shape index (κ3) is 4.91. The van der Waals surface area contributed by atoms with E-state index in [-0.39, 0.29) is 41.3 Å². The van der Waals surface area contributed by atoms with Crippen molar-refractivity contribution in [1.29, 1.82) is 0 Å². The molecule has 5 N–H and O–H groups in total. The fourth-order valence-corrected chi connectivity index (χ4v) is 9.90. The molecule has 0 radical (unpaired) electrons. The largest absolute Gasteiger partial charge is 0.480 e. The van der Waals surface area contributed by atoms with Crippen LogP contribution >= 0.6 is 0 Å². The fraction of sp³-hybridized carbons (Fsp3) is 0.833. The lowest BCUT2D eigenvalue weighted by molar-refractivity contribution is -0.172. The first-order valence-electron chi connectivity index (χ1n) is 14.9. The van der Waals surface area contributed by atoms with Crippen LogP contribution in [0.1, 0.15) is 90.7 Å². The van der Waals surface area contributed by atoms with Gasteiger partial charge in [0.25, 0.3) is 0 Å². The van der Waals surface area contributed by atoms with E-state index in [9.17, 15) is 24.9 Å². The number of nitrogens with one attached hydrogen (secondary N) is 2. The molecule has 212 valence electrons. The number of fused-ring (bicyclic) bond motifs is 5. The zero-order valence-electron chi connectivity index (χ0n) is 23.2. The van der Waals surface area contributed by atoms with Gasteiger partial charge in [-0.15, -0.1) is 0 Å². The number of carboxylic acids is 1. The van der Waals surface area contributed by atoms with Gasteiger partial charge in [-0.25, -0.2) is 9.78 Å². The minimum Gasteiger partial charge on any atom is -0.480 e. The van der Waals surface area contributed by atoms with Gasteiger partial charge in [0.2, 0.25) is 5.91 Å². The van der Waals surface area contributed by atoms with E-state index in [0.29, 0.717) is 41.7 Å². The van der Waals surface area contributed by atoms with Crippen molar-refractivity contribution in [2.24, 2.45) is 46.3 Å². The molecule has 1 aromatic rings. The number of aliphatic hydroxyl groups excluding tert-OH is 2. The van der Waals surface area contributed by atoms with Gasteiger partial charge in [-0.05, 0) is 104 Å². The van der Waals surface area contributed by atoms with E-state index < -0.39 is 12.0 Å². The molecule has 0 aliphatic heterocycles. The average molecular weight is 530 g/mol. The highest BCUT2D eigenvalue weighted by atomic mass is 16.4. The number of carboxylic acid groups (broad SMARTS) is 1. The van der Waals surface area contributed by atoms with E-state index in [1.807, 2.05) is 0 Å². The molecular formula is C30H47N3O5. The molecule has 4 fully saturated rings. The van der Waals surface area contributed by atoms with E-state index in [1.54, 1.807) is 6.20 Å². The lowest BCUT2D eigenvalue weighted by Crippen LogP contribution is -2.58. The second-order valence-corrected chi connectivity index (χ2v) is 13.7. The van der Waals surface area contributed by atoms with Gasteiger partial charge < -0.3 is 25.6 Å². The number of aromatic amines is 1. The van der Waals surface area contributed by atoms with Crippen LogP contribution in [-0.2, 0) is 16.0 Å². The first-order valence-corrected chi connectivity index (χ1v) is 14.9. The number of nitrogens with zero attached hydrogens (tertiary/aromatic N) is 1. The Hall–Kier alpha value is -1.93. The summed E-state index contributed by atoms with van der Waals surface area (Å²) in [5.74, 6) is 1.66. The minimum atomic E-state index is -1.04. The molecule has 1 amide bonds. The summed E-state index contributed by atoms with van der Waals surface area (Å²) in [6, 6.07) is -0.967. The van der Waals surface area contributed by atoms with Gasteiger partial charge in [-0.1, -0.05) is 20.8 Å². The van der Waals surface area contributed by atoms with Crippen molar-refractivity contribution < 1.29 is 24.9 Å². The maximum absolute atomic E-state index is 12.7. The SMILES string of the molecule is C[C@H](CCC(=O)N[C@@H](Cc1cnc[nH]1)C(=O)O)[C@H]1CC[C@H]2[C@@H]3C[C@H](O)[C@@H]4C[C@H](O)CC[C@]4(C)[C@H]3CC[C@]12C. The number of carbonyl (C=O) groups excluding carboxylic acids is 1. The topological polar surface area (TPSA) is 136 Å². The summed E-state index contributed by atoms with van der Waals surface area (Å²) in [5.41, 5.74) is 1.03. The molecule has 4 aliphatic carbocycles. The second-order valence-electron chi connectivity index (χ2n) is 13.7. The Labute approximate surface area is 226 Å². The van der Waals surface area contributed by atoms with Crippen molar-refractivity contribution in [2.45, 2.75) is 110 Å². The molecule has 0 saturated heterocycles. The first kappa shape index (κ1) is 27.6. The van der Waals surface area contributed by atoms with Crippen molar-refractivity contribution in [3.63, 3.8) is 0 Å². The lowest BCUT2D eigenvalue weighted by Gasteiger charge is -2.62. The zero-order chi connectivity index (χ0) is 27.2. The van der Waals surface area contributed by atoms with E-state index in [1.165, 1.54) is 32.0 Å². The molecule has 38 heavy (non-hydrogen) atoms. The third-order valence-electron chi connectivity index (χ3n) is 11.9. The summed E-state index contributed by atoms with van der Waals surface area (Å²) < 4.78 is 0. The van der Waals surface area contributed by atoms with Gasteiger partial charge in [-0.3, -0.25) is 4.79 Å². The van der Waals surface area contributed by atoms with Gasteiger partial charge in [0.05, 0.1) is 18.5 Å². The van der Waals surface area contributed by atoms with E-state index >= 15 is 0 Å². The lowest BCUT2D eigenvalue weighted by atomic mass is 9.44. The maximum Gasteiger partial charge on any atom is 0.326 e. The molecule has 8 nitrogen and oxygen atoms in total. The number of amides is 1. The van der Waals surface area contributed by atoms with Crippen LogP contribution in [-0.4, -0.2) is 55.4 Å². The number of aliphatic hydroxyl groups is 2. The second kappa shape index (κ2) is 10.6. The van der Waals surface area contributed by atoms with Crippen LogP contribution in [0.5, 0.6) is 0 Å². The van der Waals surface area contributed by atoms with Crippen LogP contribution in [0.4, 0.5) is 0 Å². The molecule has 0 aromatic carbocycles. The number of H-pyrrole nitrogens is 1. The minimum absolute atomic E-state index is 0.127. The third-order valence-corrected chi connectivity index (χ3v) is 11.9. The number of aliphatic carboxylic acids is 1. The Balaban J connectivity index is 1.20. The summed E-state index contributed by atoms with van der Waals surface area (Å²) in [5, 5.41) is 33.8. The number of hydrogen-bond acceptors (Lipinski definition) is 5. The van der Waals surface area contributed by atoms with Crippen LogP contribution in [0.15, 0.2) is 12.5 Å². The summed E-state index contributed by atoms with van der Waals surface area (Å²) >= 11 is 0. The van der Waals surface area contributed by atoms with Gasteiger partial charge in [0.1, 0.15) is 6.04 Å². The molecule has 0 spiro atoms. The molecule has 8 heteroatoms. The van der Waals surface area contributed by atoms with Gasteiger partial charge in [-0.2, -0.15) is 0 Å². The molecule has 4 saturated carbocycles. The van der Waals surface area contributed by atoms with Crippen LogP contribution in [0.25, 0.3) is 0 Å². The number of hydrogen-bond donors (Lipinski definition) is 5. The molecule has 1 heterocycles. The number of aromatic nitrogens is 2. The highest BCUT2D eigenvalue weighted by molar-refractivity contribution is 5.83. The predicted octanol–water partition coefficient (Wildman–Crippen LogP) is 3.93. The van der Waals surface area contributed by atoms with Crippen LogP contribution in [0.3, 0.4) is 0 Å². The van der Waals surface area contributed by atoms with Crippen molar-refractivity contribution in [3.05, 3.63) is 18.2 Å². The van der Waals surface area contributed by atoms with Crippen molar-refractivity contribution >= 4 is 11.9 Å². The zero-order valence-corrected chi connectivity index (χ0v) is 23.2. The molecular weight excluding hydrogens is 482 g/mol. The smallest absolute Gasteiger partial charge is 0.326 e. The normalized spacial score (nSPS) is 41.9. The van der Waals surface area contributed by atoms with Crippen LogP contribution < -0.4 is 5.32 Å². The van der Waals surface area contributed by atoms with Crippen molar-refractivity contribution in [3.8, 4) is 0 Å². The standard InChI is InChI=1S/C30H47N3O5/c1-17(4-7-27(36)33-25(28(37)38)12-18-15-31-16-32-18)21-5-6-22-20-14-26(35)24-13-19(34)8-10-30(24,3)23(20)9-11-29(21,22)2/h15-17,19-26,34-35H,4-14H2,1-3H3,(H,31,32)(H,33,36)(H,37,38)/t17-,19-,20+,21-,22+,23+,24+,25+,26+,29-,30-/m1/s1. The predicted molar refractivity (Wildman–Crippen MR) is 143 cm³/mol. The van der Waals surface area contributed by atoms with Gasteiger partial charge in [0.15, 0.2) is 0 Å². The number of carbonyl (C=O) groups is 2. The van der Waals surface area contributed by atoms with E-state index in [0.717, 1.165) is 32.1 Å². The van der Waals surface area contributed by atoms with Gasteiger partial charge >= 0.3 is 5.97 Å². The molecule has 0 unspecified atom stereocenters.